The largest absolute Gasteiger partial charge is 0.497 e. The van der Waals surface area contributed by atoms with E-state index < -0.39 is 6.03 Å². The molecule has 0 spiro atoms. The molecule has 2 aliphatic heterocycles. The van der Waals surface area contributed by atoms with E-state index in [0.29, 0.717) is 6.54 Å². The van der Waals surface area contributed by atoms with Crippen molar-refractivity contribution in [3.8, 4) is 5.75 Å². The van der Waals surface area contributed by atoms with E-state index in [1.807, 2.05) is 24.3 Å². The minimum absolute atomic E-state index is 0.0247. The molecule has 4 amide bonds. The van der Waals surface area contributed by atoms with Gasteiger partial charge in [0.15, 0.2) is 0 Å². The molecule has 1 aromatic carbocycles. The van der Waals surface area contributed by atoms with Gasteiger partial charge >= 0.3 is 6.03 Å². The van der Waals surface area contributed by atoms with Gasteiger partial charge in [0.2, 0.25) is 5.91 Å². The summed E-state index contributed by atoms with van der Waals surface area (Å²) < 4.78 is 5.20. The minimum Gasteiger partial charge on any atom is -0.497 e. The number of carbonyl (C=O) groups is 3. The monoisotopic (exact) mass is 303 g/mol. The van der Waals surface area contributed by atoms with Crippen molar-refractivity contribution in [3.63, 3.8) is 0 Å². The Morgan fingerprint density at radius 3 is 2.82 bits per heavy atom. The first-order chi connectivity index (χ1) is 10.6. The fourth-order valence-corrected chi connectivity index (χ4v) is 2.72. The number of amides is 4. The molecule has 0 bridgehead atoms. The molecule has 1 atom stereocenters. The molecule has 2 saturated heterocycles. The second-order valence-electron chi connectivity index (χ2n) is 5.31. The minimum atomic E-state index is -0.503. The summed E-state index contributed by atoms with van der Waals surface area (Å²) in [6, 6.07) is 7.05. The molecule has 116 valence electrons. The first-order valence-corrected chi connectivity index (χ1v) is 7.12. The average Bonchev–Trinajstić information content (AvgIpc) is 2.78. The van der Waals surface area contributed by atoms with E-state index in [1.165, 1.54) is 0 Å². The van der Waals surface area contributed by atoms with Gasteiger partial charge in [-0.15, -0.1) is 0 Å². The molecule has 2 fully saturated rings. The van der Waals surface area contributed by atoms with Gasteiger partial charge in [0.05, 0.1) is 19.7 Å². The first kappa shape index (κ1) is 14.4. The van der Waals surface area contributed by atoms with E-state index in [4.69, 9.17) is 4.74 Å². The summed E-state index contributed by atoms with van der Waals surface area (Å²) in [6.07, 6.45) is 0.860. The predicted molar refractivity (Wildman–Crippen MR) is 77.2 cm³/mol. The third-order valence-corrected chi connectivity index (χ3v) is 4.05. The van der Waals surface area contributed by atoms with Gasteiger partial charge in [-0.2, -0.15) is 0 Å². The van der Waals surface area contributed by atoms with Crippen molar-refractivity contribution >= 4 is 17.8 Å². The van der Waals surface area contributed by atoms with Crippen molar-refractivity contribution in [2.24, 2.45) is 0 Å². The van der Waals surface area contributed by atoms with Crippen LogP contribution in [0.2, 0.25) is 0 Å². The zero-order valence-electron chi connectivity index (χ0n) is 12.2. The van der Waals surface area contributed by atoms with Gasteiger partial charge in [0, 0.05) is 6.54 Å². The van der Waals surface area contributed by atoms with Crippen LogP contribution in [0.25, 0.3) is 0 Å². The Kier molecular flexibility index (Phi) is 3.70. The van der Waals surface area contributed by atoms with Gasteiger partial charge in [0.1, 0.15) is 12.3 Å². The summed E-state index contributed by atoms with van der Waals surface area (Å²) in [4.78, 5) is 38.0. The summed E-state index contributed by atoms with van der Waals surface area (Å²) in [5.41, 5.74) is 0.996. The summed E-state index contributed by atoms with van der Waals surface area (Å²) in [5, 5.41) is 2.41. The van der Waals surface area contributed by atoms with Crippen molar-refractivity contribution in [2.45, 2.75) is 12.5 Å². The van der Waals surface area contributed by atoms with Gasteiger partial charge in [0.25, 0.3) is 5.91 Å². The van der Waals surface area contributed by atoms with Gasteiger partial charge in [-0.3, -0.25) is 14.5 Å². The number of carbonyl (C=O) groups excluding carboxylic acids is 3. The van der Waals surface area contributed by atoms with Crippen LogP contribution in [0.15, 0.2) is 24.3 Å². The number of nitrogens with zero attached hydrogens (tertiary/aromatic N) is 2. The molecule has 3 rings (SSSR count). The van der Waals surface area contributed by atoms with Gasteiger partial charge in [-0.05, 0) is 24.1 Å². The van der Waals surface area contributed by atoms with E-state index >= 15 is 0 Å². The molecule has 22 heavy (non-hydrogen) atoms. The third-order valence-electron chi connectivity index (χ3n) is 4.05. The second-order valence-corrected chi connectivity index (χ2v) is 5.31. The van der Waals surface area contributed by atoms with E-state index in [9.17, 15) is 14.4 Å². The zero-order chi connectivity index (χ0) is 15.7. The molecule has 2 heterocycles. The number of hydrogen-bond acceptors (Lipinski definition) is 4. The lowest BCUT2D eigenvalue weighted by Crippen LogP contribution is -2.50. The van der Waals surface area contributed by atoms with Crippen molar-refractivity contribution < 1.29 is 19.1 Å². The molecule has 2 aliphatic rings. The van der Waals surface area contributed by atoms with Crippen LogP contribution < -0.4 is 10.1 Å². The van der Waals surface area contributed by atoms with Crippen molar-refractivity contribution in [1.82, 2.24) is 15.1 Å². The number of rotatable bonds is 4. The van der Waals surface area contributed by atoms with Crippen LogP contribution in [-0.2, 0) is 9.59 Å². The number of likely N-dealkylation sites (tertiary alicyclic amines) is 1. The maximum Gasteiger partial charge on any atom is 0.325 e. The Morgan fingerprint density at radius 2 is 2.23 bits per heavy atom. The Balaban J connectivity index is 1.68. The quantitative estimate of drug-likeness (QED) is 0.823. The number of imide groups is 1. The maximum atomic E-state index is 12.3. The third kappa shape index (κ3) is 2.49. The Hall–Kier alpha value is -2.57. The fraction of sp³-hybridized carbons (Fsp3) is 0.400. The van der Waals surface area contributed by atoms with E-state index in [-0.39, 0.29) is 30.9 Å². The van der Waals surface area contributed by atoms with E-state index in [2.05, 4.69) is 5.32 Å². The van der Waals surface area contributed by atoms with E-state index in [1.54, 1.807) is 12.0 Å². The van der Waals surface area contributed by atoms with Gasteiger partial charge in [-0.25, -0.2) is 4.79 Å². The highest BCUT2D eigenvalue weighted by Crippen LogP contribution is 2.34. The topological polar surface area (TPSA) is 79.0 Å². The van der Waals surface area contributed by atoms with Crippen LogP contribution in [0.1, 0.15) is 18.0 Å². The van der Waals surface area contributed by atoms with Crippen LogP contribution in [-0.4, -0.2) is 54.4 Å². The molecule has 7 nitrogen and oxygen atoms in total. The second kappa shape index (κ2) is 5.67. The summed E-state index contributed by atoms with van der Waals surface area (Å²) in [6.45, 7) is 0.390. The van der Waals surface area contributed by atoms with Crippen LogP contribution >= 0.6 is 0 Å². The molecular formula is C15H17N3O4. The maximum absolute atomic E-state index is 12.3. The van der Waals surface area contributed by atoms with E-state index in [0.717, 1.165) is 22.6 Å². The lowest BCUT2D eigenvalue weighted by atomic mass is 9.94. The summed E-state index contributed by atoms with van der Waals surface area (Å²) >= 11 is 0. The molecule has 1 N–H and O–H groups in total. The highest BCUT2D eigenvalue weighted by molar-refractivity contribution is 6.04. The fourth-order valence-electron chi connectivity index (χ4n) is 2.72. The molecule has 0 saturated carbocycles. The molecule has 0 aliphatic carbocycles. The average molecular weight is 303 g/mol. The molecular weight excluding hydrogens is 286 g/mol. The standard InChI is InChI=1S/C15H17N3O4/c1-22-11-4-2-3-10(7-11)12-5-6-17(12)14(20)9-18-13(19)8-16-15(18)21/h2-4,7,12H,5-6,8-9H2,1H3,(H,16,21)/t12-/m0/s1. The van der Waals surface area contributed by atoms with Crippen LogP contribution in [0.3, 0.4) is 0 Å². The number of nitrogens with one attached hydrogen (secondary N) is 1. The van der Waals surface area contributed by atoms with Gasteiger partial charge < -0.3 is 15.0 Å². The molecule has 0 radical (unpaired) electrons. The lowest BCUT2D eigenvalue weighted by Gasteiger charge is -2.41. The Labute approximate surface area is 127 Å². The number of ether oxygens (including phenoxy) is 1. The van der Waals surface area contributed by atoms with Crippen molar-refractivity contribution in [2.75, 3.05) is 26.7 Å². The molecule has 7 heteroatoms. The first-order valence-electron chi connectivity index (χ1n) is 7.12. The lowest BCUT2D eigenvalue weighted by molar-refractivity contribution is -0.142. The molecule has 0 unspecified atom stereocenters. The van der Waals surface area contributed by atoms with Crippen LogP contribution in [0.5, 0.6) is 5.75 Å². The zero-order valence-corrected chi connectivity index (χ0v) is 12.2. The summed E-state index contributed by atoms with van der Waals surface area (Å²) in [5.74, 6) is 0.159. The van der Waals surface area contributed by atoms with Crippen molar-refractivity contribution in [1.29, 1.82) is 0 Å². The smallest absolute Gasteiger partial charge is 0.325 e. The van der Waals surface area contributed by atoms with Gasteiger partial charge in [-0.1, -0.05) is 12.1 Å². The Morgan fingerprint density at radius 1 is 1.41 bits per heavy atom. The molecule has 1 aromatic rings. The predicted octanol–water partition coefficient (Wildman–Crippen LogP) is 0.520. The molecule has 0 aromatic heterocycles. The highest BCUT2D eigenvalue weighted by Gasteiger charge is 2.37. The SMILES string of the molecule is COc1cccc([C@@H]2CCN2C(=O)CN2C(=O)CNC2=O)c1. The number of urea groups is 1. The van der Waals surface area contributed by atoms with Crippen LogP contribution in [0.4, 0.5) is 4.79 Å². The Bertz CT molecular complexity index is 615. The number of methoxy groups -OCH3 is 1. The number of benzene rings is 1. The van der Waals surface area contributed by atoms with Crippen LogP contribution in [0, 0.1) is 0 Å². The normalized spacial score (nSPS) is 20.7. The summed E-state index contributed by atoms with van der Waals surface area (Å²) in [7, 11) is 1.60. The highest BCUT2D eigenvalue weighted by atomic mass is 16.5. The number of hydrogen-bond donors (Lipinski definition) is 1. The van der Waals surface area contributed by atoms with Crippen molar-refractivity contribution in [3.05, 3.63) is 29.8 Å².